The fraction of sp³-hybridized carbons (Fsp3) is 0.722. The minimum Gasteiger partial charge on any atom is -0.353 e. The lowest BCUT2D eigenvalue weighted by atomic mass is 9.94. The van der Waals surface area contributed by atoms with Crippen molar-refractivity contribution in [2.24, 2.45) is 5.92 Å². The second-order valence-corrected chi connectivity index (χ2v) is 10.2. The predicted molar refractivity (Wildman–Crippen MR) is 106 cm³/mol. The SMILES string of the molecule is CC(C)[C@@H](NS(=O)(=O)c1cccs1)C(=O)NCCN(C)C1CCCCC1. The molecule has 2 rings (SSSR count). The zero-order valence-corrected chi connectivity index (χ0v) is 17.5. The number of sulfonamides is 1. The second kappa shape index (κ2) is 9.82. The lowest BCUT2D eigenvalue weighted by Crippen LogP contribution is -2.50. The van der Waals surface area contributed by atoms with Crippen LogP contribution in [-0.4, -0.2) is 51.4 Å². The smallest absolute Gasteiger partial charge is 0.250 e. The number of hydrogen-bond acceptors (Lipinski definition) is 5. The summed E-state index contributed by atoms with van der Waals surface area (Å²) in [5, 5.41) is 4.61. The van der Waals surface area contributed by atoms with Crippen molar-refractivity contribution in [1.82, 2.24) is 14.9 Å². The van der Waals surface area contributed by atoms with Gasteiger partial charge in [-0.15, -0.1) is 11.3 Å². The van der Waals surface area contributed by atoms with Gasteiger partial charge in [0, 0.05) is 19.1 Å². The number of rotatable bonds is 9. The van der Waals surface area contributed by atoms with Crippen molar-refractivity contribution in [3.8, 4) is 0 Å². The van der Waals surface area contributed by atoms with Gasteiger partial charge in [0.1, 0.15) is 10.3 Å². The monoisotopic (exact) mass is 401 g/mol. The van der Waals surface area contributed by atoms with Gasteiger partial charge in [-0.3, -0.25) is 4.79 Å². The molecule has 0 spiro atoms. The highest BCUT2D eigenvalue weighted by Gasteiger charge is 2.28. The third-order valence-corrected chi connectivity index (χ3v) is 7.79. The molecule has 148 valence electrons. The van der Waals surface area contributed by atoms with E-state index >= 15 is 0 Å². The van der Waals surface area contributed by atoms with Gasteiger partial charge < -0.3 is 10.2 Å². The lowest BCUT2D eigenvalue weighted by molar-refractivity contribution is -0.123. The van der Waals surface area contributed by atoms with Gasteiger partial charge in [0.05, 0.1) is 0 Å². The van der Waals surface area contributed by atoms with Gasteiger partial charge in [0.15, 0.2) is 0 Å². The largest absolute Gasteiger partial charge is 0.353 e. The Bertz CT molecular complexity index is 653. The number of carbonyl (C=O) groups excluding carboxylic acids is 1. The Hall–Kier alpha value is -0.960. The summed E-state index contributed by atoms with van der Waals surface area (Å²) >= 11 is 1.14. The Morgan fingerprint density at radius 3 is 2.58 bits per heavy atom. The summed E-state index contributed by atoms with van der Waals surface area (Å²) < 4.78 is 27.6. The van der Waals surface area contributed by atoms with Crippen LogP contribution in [-0.2, 0) is 14.8 Å². The molecule has 0 bridgehead atoms. The number of carbonyl (C=O) groups is 1. The minimum atomic E-state index is -3.67. The molecule has 8 heteroatoms. The van der Waals surface area contributed by atoms with Crippen molar-refractivity contribution < 1.29 is 13.2 Å². The van der Waals surface area contributed by atoms with Crippen LogP contribution in [0, 0.1) is 5.92 Å². The molecule has 1 aromatic heterocycles. The van der Waals surface area contributed by atoms with E-state index < -0.39 is 16.1 Å². The average Bonchev–Trinajstić information content (AvgIpc) is 3.15. The van der Waals surface area contributed by atoms with Crippen molar-refractivity contribution >= 4 is 27.3 Å². The zero-order chi connectivity index (χ0) is 19.2. The maximum absolute atomic E-state index is 12.5. The van der Waals surface area contributed by atoms with E-state index in [4.69, 9.17) is 0 Å². The summed E-state index contributed by atoms with van der Waals surface area (Å²) in [6.45, 7) is 4.99. The first kappa shape index (κ1) is 21.3. The fourth-order valence-electron chi connectivity index (χ4n) is 3.30. The quantitative estimate of drug-likeness (QED) is 0.666. The number of likely N-dealkylation sites (N-methyl/N-ethyl adjacent to an activating group) is 1. The summed E-state index contributed by atoms with van der Waals surface area (Å²) in [7, 11) is -1.57. The number of amides is 1. The third kappa shape index (κ3) is 6.04. The summed E-state index contributed by atoms with van der Waals surface area (Å²) in [6.07, 6.45) is 6.32. The van der Waals surface area contributed by atoms with E-state index in [1.54, 1.807) is 17.5 Å². The molecule has 1 aliphatic rings. The molecular formula is C18H31N3O3S2. The highest BCUT2D eigenvalue weighted by atomic mass is 32.2. The van der Waals surface area contributed by atoms with E-state index in [0.29, 0.717) is 12.6 Å². The molecule has 6 nitrogen and oxygen atoms in total. The lowest BCUT2D eigenvalue weighted by Gasteiger charge is -2.31. The molecule has 1 amide bonds. The van der Waals surface area contributed by atoms with E-state index in [0.717, 1.165) is 17.9 Å². The molecule has 1 aromatic rings. The van der Waals surface area contributed by atoms with Crippen LogP contribution in [0.3, 0.4) is 0 Å². The van der Waals surface area contributed by atoms with Crippen LogP contribution in [0.4, 0.5) is 0 Å². The summed E-state index contributed by atoms with van der Waals surface area (Å²) in [4.78, 5) is 14.8. The zero-order valence-electron chi connectivity index (χ0n) is 15.9. The van der Waals surface area contributed by atoms with Crippen molar-refractivity contribution in [1.29, 1.82) is 0 Å². The molecule has 0 aliphatic heterocycles. The molecule has 1 aliphatic carbocycles. The van der Waals surface area contributed by atoms with Gasteiger partial charge in [-0.2, -0.15) is 4.72 Å². The molecule has 0 aromatic carbocycles. The Morgan fingerprint density at radius 2 is 2.00 bits per heavy atom. The second-order valence-electron chi connectivity index (χ2n) is 7.34. The average molecular weight is 402 g/mol. The standard InChI is InChI=1S/C18H31N3O3S2/c1-14(2)17(20-26(23,24)16-10-7-13-25-16)18(22)19-11-12-21(3)15-8-5-4-6-9-15/h7,10,13-15,17,20H,4-6,8-9,11-12H2,1-3H3,(H,19,22)/t17-/m1/s1. The molecule has 0 saturated heterocycles. The van der Waals surface area contributed by atoms with E-state index in [1.165, 1.54) is 32.1 Å². The Labute approximate surface area is 161 Å². The molecular weight excluding hydrogens is 370 g/mol. The van der Waals surface area contributed by atoms with Crippen LogP contribution in [0.5, 0.6) is 0 Å². The van der Waals surface area contributed by atoms with Gasteiger partial charge in [-0.05, 0) is 37.3 Å². The fourth-order valence-corrected chi connectivity index (χ4v) is 5.66. The van der Waals surface area contributed by atoms with Crippen molar-refractivity contribution in [3.05, 3.63) is 17.5 Å². The molecule has 1 atom stereocenters. The number of thiophene rings is 1. The van der Waals surface area contributed by atoms with E-state index in [9.17, 15) is 13.2 Å². The molecule has 0 radical (unpaired) electrons. The predicted octanol–water partition coefficient (Wildman–Crippen LogP) is 2.43. The van der Waals surface area contributed by atoms with Gasteiger partial charge in [0.25, 0.3) is 10.0 Å². The number of hydrogen-bond donors (Lipinski definition) is 2. The topological polar surface area (TPSA) is 78.5 Å². The summed E-state index contributed by atoms with van der Waals surface area (Å²) in [6, 6.07) is 3.05. The van der Waals surface area contributed by atoms with E-state index in [-0.39, 0.29) is 16.0 Å². The number of nitrogens with one attached hydrogen (secondary N) is 2. The first-order chi connectivity index (χ1) is 12.3. The normalized spacial score (nSPS) is 17.6. The molecule has 26 heavy (non-hydrogen) atoms. The van der Waals surface area contributed by atoms with Crippen molar-refractivity contribution in [2.75, 3.05) is 20.1 Å². The molecule has 0 unspecified atom stereocenters. The van der Waals surface area contributed by atoms with Gasteiger partial charge in [-0.25, -0.2) is 8.42 Å². The third-order valence-electron chi connectivity index (χ3n) is 4.95. The first-order valence-corrected chi connectivity index (χ1v) is 11.7. The highest BCUT2D eigenvalue weighted by Crippen LogP contribution is 2.21. The molecule has 1 saturated carbocycles. The molecule has 2 N–H and O–H groups in total. The summed E-state index contributed by atoms with van der Waals surface area (Å²) in [5.74, 6) is -0.405. The van der Waals surface area contributed by atoms with Gasteiger partial charge in [0.2, 0.25) is 5.91 Å². The maximum Gasteiger partial charge on any atom is 0.250 e. The van der Waals surface area contributed by atoms with Crippen LogP contribution >= 0.6 is 11.3 Å². The Kier molecular flexibility index (Phi) is 8.06. The first-order valence-electron chi connectivity index (χ1n) is 9.35. The van der Waals surface area contributed by atoms with Gasteiger partial charge in [-0.1, -0.05) is 39.2 Å². The van der Waals surface area contributed by atoms with Crippen molar-refractivity contribution in [2.45, 2.75) is 62.2 Å². The minimum absolute atomic E-state index is 0.138. The van der Waals surface area contributed by atoms with Crippen LogP contribution in [0.15, 0.2) is 21.7 Å². The van der Waals surface area contributed by atoms with E-state index in [1.807, 2.05) is 13.8 Å². The van der Waals surface area contributed by atoms with Crippen LogP contribution < -0.4 is 10.0 Å². The van der Waals surface area contributed by atoms with E-state index in [2.05, 4.69) is 22.0 Å². The van der Waals surface area contributed by atoms with Crippen LogP contribution in [0.25, 0.3) is 0 Å². The number of nitrogens with zero attached hydrogens (tertiary/aromatic N) is 1. The van der Waals surface area contributed by atoms with Crippen LogP contribution in [0.2, 0.25) is 0 Å². The van der Waals surface area contributed by atoms with Crippen molar-refractivity contribution in [3.63, 3.8) is 0 Å². The highest BCUT2D eigenvalue weighted by molar-refractivity contribution is 7.91. The Balaban J connectivity index is 1.86. The molecule has 1 fully saturated rings. The molecule has 1 heterocycles. The summed E-state index contributed by atoms with van der Waals surface area (Å²) in [5.41, 5.74) is 0. The Morgan fingerprint density at radius 1 is 1.31 bits per heavy atom. The maximum atomic E-state index is 12.5. The van der Waals surface area contributed by atoms with Crippen LogP contribution in [0.1, 0.15) is 46.0 Å². The van der Waals surface area contributed by atoms with Gasteiger partial charge >= 0.3 is 0 Å².